The Morgan fingerprint density at radius 2 is 1.07 bits per heavy atom. The van der Waals surface area contributed by atoms with E-state index in [-0.39, 0.29) is 12.8 Å². The molecule has 9 heteroatoms. The summed E-state index contributed by atoms with van der Waals surface area (Å²) in [7, 11) is 0. The molecule has 1 aliphatic rings. The third kappa shape index (κ3) is 5.74. The third-order valence-electron chi connectivity index (χ3n) is 3.98. The van der Waals surface area contributed by atoms with Crippen LogP contribution in [0.25, 0.3) is 0 Å². The van der Waals surface area contributed by atoms with E-state index in [4.69, 9.17) is 9.47 Å². The maximum Gasteiger partial charge on any atom is 0.359 e. The van der Waals surface area contributed by atoms with Gasteiger partial charge in [0.05, 0.1) is 12.8 Å². The molecule has 1 fully saturated rings. The predicted octanol–water partition coefficient (Wildman–Crippen LogP) is 2.90. The Bertz CT molecular complexity index is 861. The first kappa shape index (κ1) is 21.2. The fourth-order valence-corrected chi connectivity index (χ4v) is 3.12. The molecule has 0 unspecified atom stereocenters. The van der Waals surface area contributed by atoms with Crippen LogP contribution in [0.2, 0.25) is 0 Å². The highest BCUT2D eigenvalue weighted by atomic mass is 79.9. The van der Waals surface area contributed by atoms with Crippen LogP contribution in [0.4, 0.5) is 0 Å². The van der Waals surface area contributed by atoms with Crippen molar-refractivity contribution in [2.75, 3.05) is 0 Å². The first-order valence-electron chi connectivity index (χ1n) is 8.45. The van der Waals surface area contributed by atoms with Gasteiger partial charge in [0, 0.05) is 8.95 Å². The number of cyclic esters (lactones) is 2. The predicted molar refractivity (Wildman–Crippen MR) is 107 cm³/mol. The maximum absolute atomic E-state index is 12.2. The first-order valence-corrected chi connectivity index (χ1v) is 10.0. The van der Waals surface area contributed by atoms with Crippen molar-refractivity contribution < 1.29 is 33.4 Å². The number of hydrogen-bond acceptors (Lipinski definition) is 7. The zero-order valence-corrected chi connectivity index (χ0v) is 18.0. The van der Waals surface area contributed by atoms with Crippen LogP contribution in [0.3, 0.4) is 0 Å². The van der Waals surface area contributed by atoms with Gasteiger partial charge in [0.25, 0.3) is 0 Å². The van der Waals surface area contributed by atoms with E-state index in [9.17, 15) is 19.2 Å². The number of benzene rings is 2. The molecule has 150 valence electrons. The molecule has 7 nitrogen and oxygen atoms in total. The molecule has 0 aliphatic carbocycles. The van der Waals surface area contributed by atoms with E-state index in [1.54, 1.807) is 48.5 Å². The van der Waals surface area contributed by atoms with E-state index in [1.165, 1.54) is 0 Å². The van der Waals surface area contributed by atoms with Crippen LogP contribution in [0.5, 0.6) is 0 Å². The molecular weight excluding hydrogens is 512 g/mol. The molecule has 0 radical (unpaired) electrons. The van der Waals surface area contributed by atoms with Crippen LogP contribution >= 0.6 is 31.9 Å². The molecule has 3 rings (SSSR count). The Labute approximate surface area is 182 Å². The number of carbonyl (C=O) groups excluding carboxylic acids is 4. The van der Waals surface area contributed by atoms with Gasteiger partial charge >= 0.3 is 23.9 Å². The van der Waals surface area contributed by atoms with Gasteiger partial charge in [-0.15, -0.1) is 0 Å². The van der Waals surface area contributed by atoms with Crippen molar-refractivity contribution in [3.63, 3.8) is 0 Å². The minimum atomic E-state index is -1.63. The van der Waals surface area contributed by atoms with Crippen LogP contribution in [0.1, 0.15) is 11.1 Å². The smallest absolute Gasteiger partial charge is 0.359 e. The fourth-order valence-electron chi connectivity index (χ4n) is 2.59. The van der Waals surface area contributed by atoms with Crippen molar-refractivity contribution in [1.82, 2.24) is 0 Å². The van der Waals surface area contributed by atoms with Gasteiger partial charge < -0.3 is 14.2 Å². The van der Waals surface area contributed by atoms with Crippen LogP contribution in [-0.4, -0.2) is 36.1 Å². The van der Waals surface area contributed by atoms with E-state index in [0.717, 1.165) is 8.95 Å². The SMILES string of the molecule is O=C(Cc1ccc(Br)cc1)O[C@H]1C(=O)OC(=O)[C@@H]1OC(=O)Cc1ccc(Br)cc1. The number of ether oxygens (including phenoxy) is 3. The molecule has 0 aromatic heterocycles. The van der Waals surface area contributed by atoms with Gasteiger partial charge in [-0.2, -0.15) is 0 Å². The molecule has 0 N–H and O–H groups in total. The first-order chi connectivity index (χ1) is 13.8. The summed E-state index contributed by atoms with van der Waals surface area (Å²) in [6, 6.07) is 13.8. The average molecular weight is 526 g/mol. The highest BCUT2D eigenvalue weighted by Gasteiger charge is 2.50. The van der Waals surface area contributed by atoms with Crippen LogP contribution in [-0.2, 0) is 46.2 Å². The number of halogens is 2. The van der Waals surface area contributed by atoms with E-state index in [0.29, 0.717) is 11.1 Å². The summed E-state index contributed by atoms with van der Waals surface area (Å²) < 4.78 is 16.3. The van der Waals surface area contributed by atoms with Gasteiger partial charge in [-0.3, -0.25) is 9.59 Å². The van der Waals surface area contributed by atoms with Gasteiger partial charge in [-0.25, -0.2) is 9.59 Å². The summed E-state index contributed by atoms with van der Waals surface area (Å²) >= 11 is 6.58. The van der Waals surface area contributed by atoms with E-state index >= 15 is 0 Å². The summed E-state index contributed by atoms with van der Waals surface area (Å²) in [5.41, 5.74) is 1.30. The largest absolute Gasteiger partial charge is 0.445 e. The van der Waals surface area contributed by atoms with Gasteiger partial charge in [0.15, 0.2) is 0 Å². The molecule has 1 aliphatic heterocycles. The van der Waals surface area contributed by atoms with E-state index in [1.807, 2.05) is 0 Å². The number of carbonyl (C=O) groups is 4. The Balaban J connectivity index is 1.62. The van der Waals surface area contributed by atoms with Crippen molar-refractivity contribution in [3.8, 4) is 0 Å². The number of hydrogen-bond donors (Lipinski definition) is 0. The van der Waals surface area contributed by atoms with Gasteiger partial charge in [-0.05, 0) is 35.4 Å². The monoisotopic (exact) mass is 524 g/mol. The zero-order valence-electron chi connectivity index (χ0n) is 14.8. The van der Waals surface area contributed by atoms with Crippen molar-refractivity contribution in [2.24, 2.45) is 0 Å². The van der Waals surface area contributed by atoms with E-state index < -0.39 is 36.1 Å². The summed E-state index contributed by atoms with van der Waals surface area (Å²) in [5.74, 6) is -3.64. The molecule has 2 atom stereocenters. The lowest BCUT2D eigenvalue weighted by Gasteiger charge is -2.15. The second-order valence-corrected chi connectivity index (χ2v) is 8.00. The topological polar surface area (TPSA) is 96.0 Å². The lowest BCUT2D eigenvalue weighted by molar-refractivity contribution is -0.169. The Morgan fingerprint density at radius 3 is 1.41 bits per heavy atom. The molecule has 2 aromatic carbocycles. The van der Waals surface area contributed by atoms with E-state index in [2.05, 4.69) is 36.6 Å². The molecular formula is C20H14Br2O7. The minimum absolute atomic E-state index is 0.120. The fraction of sp³-hybridized carbons (Fsp3) is 0.200. The van der Waals surface area contributed by atoms with Gasteiger partial charge in [0.1, 0.15) is 0 Å². The number of rotatable bonds is 6. The second kappa shape index (κ2) is 9.32. The maximum atomic E-state index is 12.2. The third-order valence-corrected chi connectivity index (χ3v) is 5.04. The summed E-state index contributed by atoms with van der Waals surface area (Å²) in [6.45, 7) is 0. The molecule has 0 bridgehead atoms. The van der Waals surface area contributed by atoms with Crippen LogP contribution in [0.15, 0.2) is 57.5 Å². The van der Waals surface area contributed by atoms with Crippen LogP contribution < -0.4 is 0 Å². The average Bonchev–Trinajstić information content (AvgIpc) is 2.92. The second-order valence-electron chi connectivity index (χ2n) is 6.17. The Hall–Kier alpha value is -2.52. The zero-order chi connectivity index (χ0) is 21.0. The molecule has 0 amide bonds. The van der Waals surface area contributed by atoms with Crippen molar-refractivity contribution in [3.05, 3.63) is 68.6 Å². The number of esters is 4. The summed E-state index contributed by atoms with van der Waals surface area (Å²) in [6.07, 6.45) is -3.49. The lowest BCUT2D eigenvalue weighted by Crippen LogP contribution is -2.38. The lowest BCUT2D eigenvalue weighted by atomic mass is 10.1. The van der Waals surface area contributed by atoms with Crippen molar-refractivity contribution in [1.29, 1.82) is 0 Å². The highest BCUT2D eigenvalue weighted by Crippen LogP contribution is 2.20. The molecule has 2 aromatic rings. The molecule has 1 saturated heterocycles. The molecule has 0 spiro atoms. The quantitative estimate of drug-likeness (QED) is 0.325. The molecule has 1 heterocycles. The van der Waals surface area contributed by atoms with Crippen LogP contribution in [0, 0.1) is 0 Å². The van der Waals surface area contributed by atoms with Crippen molar-refractivity contribution >= 4 is 55.7 Å². The van der Waals surface area contributed by atoms with Crippen molar-refractivity contribution in [2.45, 2.75) is 25.0 Å². The standard InChI is InChI=1S/C20H14Br2O7/c21-13-5-1-11(2-6-13)9-15(23)27-17-18(20(26)29-19(17)25)28-16(24)10-12-3-7-14(22)8-4-12/h1-8,17-18H,9-10H2/t17-,18-/m1/s1. The normalized spacial score (nSPS) is 18.3. The summed E-state index contributed by atoms with van der Waals surface area (Å²) in [5, 5.41) is 0. The summed E-state index contributed by atoms with van der Waals surface area (Å²) in [4.78, 5) is 48.1. The Morgan fingerprint density at radius 1 is 0.724 bits per heavy atom. The minimum Gasteiger partial charge on any atom is -0.445 e. The Kier molecular flexibility index (Phi) is 6.81. The molecule has 0 saturated carbocycles. The molecule has 29 heavy (non-hydrogen) atoms. The van der Waals surface area contributed by atoms with Gasteiger partial charge in [-0.1, -0.05) is 56.1 Å². The van der Waals surface area contributed by atoms with Gasteiger partial charge in [0.2, 0.25) is 12.2 Å². The highest BCUT2D eigenvalue weighted by molar-refractivity contribution is 9.10.